The Morgan fingerprint density at radius 1 is 0.800 bits per heavy atom. The first-order valence-corrected chi connectivity index (χ1v) is 12.8. The van der Waals surface area contributed by atoms with Gasteiger partial charge in [-0.25, -0.2) is 0 Å². The molecule has 0 saturated carbocycles. The molecule has 0 fully saturated rings. The molecule has 20 heavy (non-hydrogen) atoms. The van der Waals surface area contributed by atoms with E-state index in [9.17, 15) is 0 Å². The number of thioether (sulfide) groups is 1. The van der Waals surface area contributed by atoms with Gasteiger partial charge in [-0.1, -0.05) is 82.4 Å². The Morgan fingerprint density at radius 2 is 1.35 bits per heavy atom. The fourth-order valence-electron chi connectivity index (χ4n) is 2.30. The first-order chi connectivity index (χ1) is 9.54. The number of rotatable bonds is 10. The van der Waals surface area contributed by atoms with Gasteiger partial charge in [0.1, 0.15) is 0 Å². The molecular formula is C18H32SSi. The van der Waals surface area contributed by atoms with E-state index < -0.39 is 8.07 Å². The summed E-state index contributed by atoms with van der Waals surface area (Å²) < 4.78 is 0. The van der Waals surface area contributed by atoms with Crippen LogP contribution in [0.2, 0.25) is 19.6 Å². The lowest BCUT2D eigenvalue weighted by molar-refractivity contribution is 0.603. The average Bonchev–Trinajstić information content (AvgIpc) is 2.41. The van der Waals surface area contributed by atoms with Crippen molar-refractivity contribution in [1.82, 2.24) is 0 Å². The Bertz CT molecular complexity index is 351. The zero-order valence-corrected chi connectivity index (χ0v) is 15.7. The molecule has 0 aliphatic rings. The summed E-state index contributed by atoms with van der Waals surface area (Å²) >= 11 is 2.02. The predicted molar refractivity (Wildman–Crippen MR) is 98.1 cm³/mol. The van der Waals surface area contributed by atoms with Crippen LogP contribution < -0.4 is 5.19 Å². The van der Waals surface area contributed by atoms with E-state index in [1.54, 1.807) is 5.19 Å². The predicted octanol–water partition coefficient (Wildman–Crippen LogP) is 6.07. The van der Waals surface area contributed by atoms with Gasteiger partial charge in [0.25, 0.3) is 0 Å². The topological polar surface area (TPSA) is 0 Å². The molecule has 0 bridgehead atoms. The fraction of sp³-hybridized carbons (Fsp3) is 0.667. The highest BCUT2D eigenvalue weighted by Gasteiger charge is 2.15. The summed E-state index contributed by atoms with van der Waals surface area (Å²) in [6.07, 6.45) is 9.83. The van der Waals surface area contributed by atoms with E-state index in [0.717, 1.165) is 0 Å². The lowest BCUT2D eigenvalue weighted by Crippen LogP contribution is -2.37. The van der Waals surface area contributed by atoms with Crippen molar-refractivity contribution in [3.8, 4) is 0 Å². The van der Waals surface area contributed by atoms with Crippen molar-refractivity contribution >= 4 is 25.0 Å². The zero-order valence-electron chi connectivity index (χ0n) is 13.9. The molecule has 1 aromatic carbocycles. The van der Waals surface area contributed by atoms with Gasteiger partial charge >= 0.3 is 0 Å². The number of hydrogen-bond donors (Lipinski definition) is 0. The SMILES string of the molecule is CCCCCCCCCSc1ccc([Si](C)(C)C)cc1. The van der Waals surface area contributed by atoms with Crippen LogP contribution in [0, 0.1) is 0 Å². The summed E-state index contributed by atoms with van der Waals surface area (Å²) in [7, 11) is -1.13. The van der Waals surface area contributed by atoms with Crippen LogP contribution in [0.1, 0.15) is 51.9 Å². The Morgan fingerprint density at radius 3 is 1.90 bits per heavy atom. The van der Waals surface area contributed by atoms with Crippen molar-refractivity contribution < 1.29 is 0 Å². The Hall–Kier alpha value is -0.213. The van der Waals surface area contributed by atoms with Crippen molar-refractivity contribution in [2.24, 2.45) is 0 Å². The highest BCUT2D eigenvalue weighted by Crippen LogP contribution is 2.19. The molecule has 0 aromatic heterocycles. The number of hydrogen-bond acceptors (Lipinski definition) is 1. The van der Waals surface area contributed by atoms with Crippen molar-refractivity contribution in [3.63, 3.8) is 0 Å². The maximum Gasteiger partial charge on any atom is 0.0775 e. The Balaban J connectivity index is 2.13. The third kappa shape index (κ3) is 7.54. The molecule has 0 unspecified atom stereocenters. The maximum absolute atomic E-state index is 2.41. The molecule has 0 heterocycles. The molecule has 0 spiro atoms. The van der Waals surface area contributed by atoms with Gasteiger partial charge in [0.15, 0.2) is 0 Å². The van der Waals surface area contributed by atoms with Crippen molar-refractivity contribution in [3.05, 3.63) is 24.3 Å². The van der Waals surface area contributed by atoms with Gasteiger partial charge in [0.2, 0.25) is 0 Å². The molecule has 1 aromatic rings. The molecule has 0 nitrogen and oxygen atoms in total. The van der Waals surface area contributed by atoms with Gasteiger partial charge in [-0.15, -0.1) is 11.8 Å². The summed E-state index contributed by atoms with van der Waals surface area (Å²) in [6, 6.07) is 9.33. The van der Waals surface area contributed by atoms with E-state index in [4.69, 9.17) is 0 Å². The Labute approximate surface area is 131 Å². The monoisotopic (exact) mass is 308 g/mol. The minimum Gasteiger partial charge on any atom is -0.126 e. The molecule has 0 aliphatic carbocycles. The second kappa shape index (κ2) is 9.67. The third-order valence-corrected chi connectivity index (χ3v) is 6.90. The van der Waals surface area contributed by atoms with Crippen LogP contribution in [0.3, 0.4) is 0 Å². The van der Waals surface area contributed by atoms with Crippen LogP contribution in [-0.4, -0.2) is 13.8 Å². The molecule has 1 rings (SSSR count). The lowest BCUT2D eigenvalue weighted by Gasteiger charge is -2.16. The van der Waals surface area contributed by atoms with E-state index in [-0.39, 0.29) is 0 Å². The quantitative estimate of drug-likeness (QED) is 0.287. The van der Waals surface area contributed by atoms with E-state index in [1.165, 1.54) is 55.6 Å². The van der Waals surface area contributed by atoms with E-state index in [2.05, 4.69) is 50.8 Å². The van der Waals surface area contributed by atoms with Gasteiger partial charge in [-0.2, -0.15) is 0 Å². The normalized spacial score (nSPS) is 11.8. The fourth-order valence-corrected chi connectivity index (χ4v) is 4.38. The highest BCUT2D eigenvalue weighted by atomic mass is 32.2. The molecule has 0 atom stereocenters. The van der Waals surface area contributed by atoms with Crippen LogP contribution in [0.25, 0.3) is 0 Å². The van der Waals surface area contributed by atoms with Crippen molar-refractivity contribution in [2.75, 3.05) is 5.75 Å². The number of benzene rings is 1. The van der Waals surface area contributed by atoms with Crippen LogP contribution in [0.5, 0.6) is 0 Å². The van der Waals surface area contributed by atoms with Gasteiger partial charge < -0.3 is 0 Å². The van der Waals surface area contributed by atoms with Gasteiger partial charge in [-0.3, -0.25) is 0 Å². The zero-order chi connectivity index (χ0) is 14.8. The second-order valence-corrected chi connectivity index (χ2v) is 13.0. The molecule has 0 amide bonds. The van der Waals surface area contributed by atoms with E-state index >= 15 is 0 Å². The molecule has 0 radical (unpaired) electrons. The first-order valence-electron chi connectivity index (χ1n) is 8.27. The van der Waals surface area contributed by atoms with Crippen LogP contribution >= 0.6 is 11.8 Å². The van der Waals surface area contributed by atoms with Gasteiger partial charge in [0, 0.05) is 4.90 Å². The standard InChI is InChI=1S/C18H32SSi/c1-5-6-7-8-9-10-11-16-19-17-12-14-18(15-13-17)20(2,3)4/h12-15H,5-11,16H2,1-4H3. The summed E-state index contributed by atoms with van der Waals surface area (Å²) in [5, 5.41) is 1.57. The molecule has 0 N–H and O–H groups in total. The second-order valence-electron chi connectivity index (χ2n) is 6.74. The van der Waals surface area contributed by atoms with Crippen LogP contribution in [0.4, 0.5) is 0 Å². The summed E-state index contributed by atoms with van der Waals surface area (Å²) in [5.41, 5.74) is 0. The molecule has 114 valence electrons. The number of unbranched alkanes of at least 4 members (excludes halogenated alkanes) is 6. The van der Waals surface area contributed by atoms with E-state index in [1.807, 2.05) is 11.8 Å². The molecule has 0 aliphatic heterocycles. The summed E-state index contributed by atoms with van der Waals surface area (Å²) in [5.74, 6) is 1.28. The van der Waals surface area contributed by atoms with Crippen molar-refractivity contribution in [2.45, 2.75) is 76.4 Å². The lowest BCUT2D eigenvalue weighted by atomic mass is 10.1. The van der Waals surface area contributed by atoms with Crippen LogP contribution in [0.15, 0.2) is 29.2 Å². The molecule has 0 saturated heterocycles. The first kappa shape index (κ1) is 17.8. The minimum absolute atomic E-state index is 1.13. The van der Waals surface area contributed by atoms with Gasteiger partial charge in [0.05, 0.1) is 8.07 Å². The maximum atomic E-state index is 2.41. The van der Waals surface area contributed by atoms with E-state index in [0.29, 0.717) is 0 Å². The average molecular weight is 309 g/mol. The smallest absolute Gasteiger partial charge is 0.0775 e. The largest absolute Gasteiger partial charge is 0.126 e. The summed E-state index contributed by atoms with van der Waals surface area (Å²) in [4.78, 5) is 1.44. The van der Waals surface area contributed by atoms with Crippen molar-refractivity contribution in [1.29, 1.82) is 0 Å². The minimum atomic E-state index is -1.13. The Kier molecular flexibility index (Phi) is 8.63. The molecule has 2 heteroatoms. The summed E-state index contributed by atoms with van der Waals surface area (Å²) in [6.45, 7) is 9.51. The molecular weight excluding hydrogens is 276 g/mol. The highest BCUT2D eigenvalue weighted by molar-refractivity contribution is 7.99. The third-order valence-electron chi connectivity index (χ3n) is 3.74. The van der Waals surface area contributed by atoms with Crippen LogP contribution in [-0.2, 0) is 0 Å². The van der Waals surface area contributed by atoms with Gasteiger partial charge in [-0.05, 0) is 24.3 Å².